The first-order chi connectivity index (χ1) is 4.79. The van der Waals surface area contributed by atoms with Gasteiger partial charge < -0.3 is 5.32 Å². The smallest absolute Gasteiger partial charge is 0.257 e. The maximum atomic E-state index is 10.9. The van der Waals surface area contributed by atoms with E-state index in [1.54, 1.807) is 18.2 Å². The zero-order valence-electron chi connectivity index (χ0n) is 5.14. The van der Waals surface area contributed by atoms with Crippen molar-refractivity contribution in [2.45, 2.75) is 0 Å². The number of carbonyl (C=O) groups is 1. The molecule has 1 radical (unpaired) electrons. The monoisotopic (exact) mass is 133 g/mol. The summed E-state index contributed by atoms with van der Waals surface area (Å²) in [5, 5.41) is 2.56. The van der Waals surface area contributed by atoms with Crippen LogP contribution in [0.4, 0.5) is 11.4 Å². The van der Waals surface area contributed by atoms with Crippen molar-refractivity contribution in [1.29, 1.82) is 0 Å². The van der Waals surface area contributed by atoms with E-state index in [0.29, 0.717) is 16.9 Å². The van der Waals surface area contributed by atoms with E-state index in [2.05, 4.69) is 5.32 Å². The molecule has 49 valence electrons. The molecular weight excluding hydrogens is 128 g/mol. The van der Waals surface area contributed by atoms with Crippen molar-refractivity contribution in [3.63, 3.8) is 0 Å². The molecule has 2 N–H and O–H groups in total. The van der Waals surface area contributed by atoms with E-state index in [9.17, 15) is 4.79 Å². The highest BCUT2D eigenvalue weighted by Crippen LogP contribution is 2.30. The van der Waals surface area contributed by atoms with Gasteiger partial charge in [-0.15, -0.1) is 0 Å². The topological polar surface area (TPSA) is 52.9 Å². The number of amides is 1. The van der Waals surface area contributed by atoms with Crippen LogP contribution >= 0.6 is 0 Å². The summed E-state index contributed by atoms with van der Waals surface area (Å²) in [5.41, 5.74) is 8.75. The lowest BCUT2D eigenvalue weighted by Gasteiger charge is -1.90. The molecule has 0 atom stereocenters. The molecule has 1 aromatic carbocycles. The maximum Gasteiger partial charge on any atom is 0.257 e. The lowest BCUT2D eigenvalue weighted by Crippen LogP contribution is -2.02. The molecule has 0 aliphatic carbocycles. The van der Waals surface area contributed by atoms with Crippen molar-refractivity contribution in [2.24, 2.45) is 0 Å². The first kappa shape index (κ1) is 5.29. The van der Waals surface area contributed by atoms with E-state index < -0.39 is 0 Å². The molecular formula is C7H5N2O. The summed E-state index contributed by atoms with van der Waals surface area (Å²) in [5.74, 6) is -0.162. The van der Waals surface area contributed by atoms with Crippen LogP contribution in [0.1, 0.15) is 10.4 Å². The van der Waals surface area contributed by atoms with Crippen molar-refractivity contribution in [2.75, 3.05) is 5.32 Å². The van der Waals surface area contributed by atoms with Crippen molar-refractivity contribution in [1.82, 2.24) is 5.73 Å². The summed E-state index contributed by atoms with van der Waals surface area (Å²) >= 11 is 0. The number of carbonyl (C=O) groups excluding carboxylic acids is 1. The molecule has 1 aromatic rings. The number of hydrogen-bond donors (Lipinski definition) is 1. The number of fused-ring (bicyclic) bond motifs is 2. The number of benzene rings is 1. The van der Waals surface area contributed by atoms with Crippen LogP contribution in [-0.4, -0.2) is 5.91 Å². The average molecular weight is 133 g/mol. The third-order valence-electron chi connectivity index (χ3n) is 1.56. The molecule has 1 heterocycles. The van der Waals surface area contributed by atoms with Gasteiger partial charge in [-0.05, 0) is 12.1 Å². The summed E-state index contributed by atoms with van der Waals surface area (Å²) in [4.78, 5) is 10.9. The van der Waals surface area contributed by atoms with Crippen LogP contribution in [0.25, 0.3) is 0 Å². The molecule has 0 saturated heterocycles. The Kier molecular flexibility index (Phi) is 0.795. The molecule has 0 fully saturated rings. The Morgan fingerprint density at radius 2 is 2.20 bits per heavy atom. The molecule has 10 heavy (non-hydrogen) atoms. The second kappa shape index (κ2) is 1.50. The molecule has 0 spiro atoms. The lowest BCUT2D eigenvalue weighted by molar-refractivity contribution is 0.103. The van der Waals surface area contributed by atoms with E-state index in [4.69, 9.17) is 5.73 Å². The van der Waals surface area contributed by atoms with Gasteiger partial charge in [0.1, 0.15) is 0 Å². The highest BCUT2D eigenvalue weighted by molar-refractivity contribution is 6.15. The van der Waals surface area contributed by atoms with Crippen LogP contribution in [0, 0.1) is 0 Å². The highest BCUT2D eigenvalue weighted by atomic mass is 16.1. The van der Waals surface area contributed by atoms with Crippen molar-refractivity contribution in [3.05, 3.63) is 23.8 Å². The van der Waals surface area contributed by atoms with Gasteiger partial charge in [-0.25, -0.2) is 0 Å². The van der Waals surface area contributed by atoms with Crippen molar-refractivity contribution in [3.8, 4) is 0 Å². The Morgan fingerprint density at radius 1 is 1.40 bits per heavy atom. The van der Waals surface area contributed by atoms with Gasteiger partial charge in [0, 0.05) is 0 Å². The molecule has 3 heteroatoms. The largest absolute Gasteiger partial charge is 0.320 e. The zero-order valence-corrected chi connectivity index (χ0v) is 5.14. The predicted molar refractivity (Wildman–Crippen MR) is 37.2 cm³/mol. The fourth-order valence-corrected chi connectivity index (χ4v) is 1.04. The maximum absolute atomic E-state index is 10.9. The van der Waals surface area contributed by atoms with Crippen LogP contribution < -0.4 is 11.1 Å². The molecule has 1 aliphatic rings. The van der Waals surface area contributed by atoms with Crippen LogP contribution in [0.5, 0.6) is 0 Å². The third-order valence-corrected chi connectivity index (χ3v) is 1.56. The fraction of sp³-hybridized carbons (Fsp3) is 0. The van der Waals surface area contributed by atoms with E-state index in [1.165, 1.54) is 0 Å². The minimum Gasteiger partial charge on any atom is -0.320 e. The van der Waals surface area contributed by atoms with E-state index >= 15 is 0 Å². The summed E-state index contributed by atoms with van der Waals surface area (Å²) in [6.07, 6.45) is 0. The normalized spacial score (nSPS) is 13.4. The molecule has 1 aliphatic heterocycles. The Bertz CT molecular complexity index is 306. The summed E-state index contributed by atoms with van der Waals surface area (Å²) in [6.45, 7) is 0. The van der Waals surface area contributed by atoms with E-state index in [0.717, 1.165) is 0 Å². The quantitative estimate of drug-likeness (QED) is 0.567. The minimum absolute atomic E-state index is 0.162. The molecule has 0 saturated carbocycles. The SMILES string of the molecule is [NH]c1c2cccc1C(=O)N2. The Labute approximate surface area is 57.8 Å². The van der Waals surface area contributed by atoms with Crippen LogP contribution in [0.3, 0.4) is 0 Å². The van der Waals surface area contributed by atoms with Crippen LogP contribution in [0.15, 0.2) is 18.2 Å². The number of nitrogens with one attached hydrogen (secondary N) is 2. The first-order valence-corrected chi connectivity index (χ1v) is 2.95. The van der Waals surface area contributed by atoms with E-state index in [1.807, 2.05) is 0 Å². The average Bonchev–Trinajstić information content (AvgIpc) is 2.16. The van der Waals surface area contributed by atoms with E-state index in [-0.39, 0.29) is 5.91 Å². The first-order valence-electron chi connectivity index (χ1n) is 2.95. The van der Waals surface area contributed by atoms with Crippen LogP contribution in [0.2, 0.25) is 0 Å². The minimum atomic E-state index is -0.162. The predicted octanol–water partition coefficient (Wildman–Crippen LogP) is 1.17. The number of anilines is 1. The zero-order chi connectivity index (χ0) is 7.14. The van der Waals surface area contributed by atoms with Gasteiger partial charge in [0.25, 0.3) is 5.91 Å². The van der Waals surface area contributed by atoms with Crippen molar-refractivity contribution >= 4 is 17.3 Å². The summed E-state index contributed by atoms with van der Waals surface area (Å²) < 4.78 is 0. The van der Waals surface area contributed by atoms with Gasteiger partial charge in [-0.2, -0.15) is 0 Å². The van der Waals surface area contributed by atoms with Crippen LogP contribution in [-0.2, 0) is 0 Å². The summed E-state index contributed by atoms with van der Waals surface area (Å²) in [6, 6.07) is 5.13. The number of rotatable bonds is 0. The lowest BCUT2D eigenvalue weighted by atomic mass is 10.2. The Balaban J connectivity index is 2.76. The highest BCUT2D eigenvalue weighted by Gasteiger charge is 2.20. The van der Waals surface area contributed by atoms with Gasteiger partial charge in [-0.1, -0.05) is 6.07 Å². The molecule has 2 rings (SSSR count). The molecule has 2 bridgehead atoms. The fourth-order valence-electron chi connectivity index (χ4n) is 1.04. The Morgan fingerprint density at radius 3 is 2.80 bits per heavy atom. The molecule has 3 nitrogen and oxygen atoms in total. The Hall–Kier alpha value is -1.51. The molecule has 0 unspecified atom stereocenters. The van der Waals surface area contributed by atoms with Gasteiger partial charge in [0.05, 0.1) is 16.9 Å². The molecule has 1 amide bonds. The summed E-state index contributed by atoms with van der Waals surface area (Å²) in [7, 11) is 0. The van der Waals surface area contributed by atoms with Crippen molar-refractivity contribution < 1.29 is 4.79 Å². The third kappa shape index (κ3) is 0.466. The second-order valence-corrected chi connectivity index (χ2v) is 2.18. The number of hydrogen-bond acceptors (Lipinski definition) is 1. The van der Waals surface area contributed by atoms with Gasteiger partial charge in [-0.3, -0.25) is 10.5 Å². The standard InChI is InChI=1S/C7H5N2O/c8-6-4-2-1-3-5(6)9-7(4)10/h1-3,8H,(H,9,10). The van der Waals surface area contributed by atoms with Gasteiger partial charge in [0.15, 0.2) is 0 Å². The molecule has 0 aromatic heterocycles. The second-order valence-electron chi connectivity index (χ2n) is 2.18. The van der Waals surface area contributed by atoms with Gasteiger partial charge in [0.2, 0.25) is 0 Å². The van der Waals surface area contributed by atoms with Gasteiger partial charge >= 0.3 is 0 Å².